The normalized spacial score (nSPS) is 10.6. The van der Waals surface area contributed by atoms with Crippen LogP contribution in [0, 0.1) is 5.95 Å². The molecule has 0 aliphatic heterocycles. The van der Waals surface area contributed by atoms with Gasteiger partial charge >= 0.3 is 0 Å². The molecule has 6 heteroatoms. The molecule has 0 saturated carbocycles. The van der Waals surface area contributed by atoms with Gasteiger partial charge in [-0.05, 0) is 12.1 Å². The third-order valence-electron chi connectivity index (χ3n) is 2.29. The Morgan fingerprint density at radius 3 is 2.59 bits per heavy atom. The molecule has 0 amide bonds. The first-order valence-electron chi connectivity index (χ1n) is 5.01. The van der Waals surface area contributed by atoms with E-state index in [1.165, 1.54) is 6.20 Å². The molecule has 1 aromatic carbocycles. The first kappa shape index (κ1) is 9.71. The number of hydrogen-bond acceptors (Lipinski definition) is 4. The molecule has 2 heterocycles. The van der Waals surface area contributed by atoms with Crippen molar-refractivity contribution < 1.29 is 4.39 Å². The van der Waals surface area contributed by atoms with Gasteiger partial charge in [0.05, 0.1) is 22.9 Å². The Balaban J connectivity index is 2.07. The van der Waals surface area contributed by atoms with E-state index in [0.29, 0.717) is 16.7 Å². The average Bonchev–Trinajstić information content (AvgIpc) is 2.83. The van der Waals surface area contributed by atoms with E-state index in [1.807, 2.05) is 6.07 Å². The summed E-state index contributed by atoms with van der Waals surface area (Å²) in [7, 11) is 0. The summed E-state index contributed by atoms with van der Waals surface area (Å²) in [5.41, 5.74) is 1.80. The Labute approximate surface area is 95.7 Å². The van der Waals surface area contributed by atoms with Crippen molar-refractivity contribution >= 4 is 22.5 Å². The Kier molecular flexibility index (Phi) is 2.18. The molecule has 0 aliphatic carbocycles. The lowest BCUT2D eigenvalue weighted by Gasteiger charge is -2.04. The number of para-hydroxylation sites is 2. The van der Waals surface area contributed by atoms with Gasteiger partial charge in [-0.3, -0.25) is 5.10 Å². The molecule has 84 valence electrons. The van der Waals surface area contributed by atoms with Crippen LogP contribution in [-0.4, -0.2) is 20.2 Å². The van der Waals surface area contributed by atoms with E-state index in [-0.39, 0.29) is 5.82 Å². The molecule has 2 aromatic heterocycles. The van der Waals surface area contributed by atoms with E-state index in [1.54, 1.807) is 24.4 Å². The molecule has 3 aromatic rings. The van der Waals surface area contributed by atoms with Crippen LogP contribution in [0.1, 0.15) is 0 Å². The van der Waals surface area contributed by atoms with E-state index >= 15 is 0 Å². The molecule has 0 radical (unpaired) electrons. The number of nitrogens with zero attached hydrogens (tertiary/aromatic N) is 3. The number of aromatic nitrogens is 4. The van der Waals surface area contributed by atoms with E-state index in [9.17, 15) is 4.39 Å². The molecule has 17 heavy (non-hydrogen) atoms. The van der Waals surface area contributed by atoms with E-state index in [4.69, 9.17) is 0 Å². The van der Waals surface area contributed by atoms with Gasteiger partial charge in [0.15, 0.2) is 5.82 Å². The van der Waals surface area contributed by atoms with Gasteiger partial charge < -0.3 is 5.32 Å². The zero-order valence-corrected chi connectivity index (χ0v) is 8.68. The minimum Gasteiger partial charge on any atom is -0.334 e. The molecular weight excluding hydrogens is 221 g/mol. The fraction of sp³-hybridized carbons (Fsp3) is 0. The smallest absolute Gasteiger partial charge is 0.256 e. The van der Waals surface area contributed by atoms with Crippen molar-refractivity contribution in [3.63, 3.8) is 0 Å². The van der Waals surface area contributed by atoms with Crippen LogP contribution in [0.4, 0.5) is 15.9 Å². The van der Waals surface area contributed by atoms with Crippen molar-refractivity contribution in [1.82, 2.24) is 20.2 Å². The molecule has 2 N–H and O–H groups in total. The summed E-state index contributed by atoms with van der Waals surface area (Å²) in [5, 5.41) is 9.18. The summed E-state index contributed by atoms with van der Waals surface area (Å²) in [6.45, 7) is 0. The van der Waals surface area contributed by atoms with Crippen LogP contribution in [-0.2, 0) is 0 Å². The van der Waals surface area contributed by atoms with Crippen molar-refractivity contribution in [2.45, 2.75) is 0 Å². The third kappa shape index (κ3) is 1.80. The Bertz CT molecular complexity index is 650. The maximum atomic E-state index is 13.6. The predicted octanol–water partition coefficient (Wildman–Crippen LogP) is 2.24. The van der Waals surface area contributed by atoms with E-state index in [2.05, 4.69) is 25.5 Å². The highest BCUT2D eigenvalue weighted by Crippen LogP contribution is 2.18. The second-order valence-electron chi connectivity index (χ2n) is 3.46. The monoisotopic (exact) mass is 229 g/mol. The largest absolute Gasteiger partial charge is 0.334 e. The van der Waals surface area contributed by atoms with Crippen LogP contribution < -0.4 is 5.32 Å². The Morgan fingerprint density at radius 2 is 1.88 bits per heavy atom. The number of anilines is 2. The fourth-order valence-corrected chi connectivity index (χ4v) is 1.51. The quantitative estimate of drug-likeness (QED) is 0.707. The highest BCUT2D eigenvalue weighted by Gasteiger charge is 2.08. The topological polar surface area (TPSA) is 66.5 Å². The lowest BCUT2D eigenvalue weighted by Crippen LogP contribution is -1.99. The van der Waals surface area contributed by atoms with Crippen molar-refractivity contribution in [2.75, 3.05) is 5.32 Å². The maximum absolute atomic E-state index is 13.6. The molecule has 0 bridgehead atoms. The van der Waals surface area contributed by atoms with Crippen molar-refractivity contribution in [3.8, 4) is 0 Å². The van der Waals surface area contributed by atoms with Gasteiger partial charge in [0, 0.05) is 6.20 Å². The number of nitrogens with one attached hydrogen (secondary N) is 2. The lowest BCUT2D eigenvalue weighted by molar-refractivity contribution is 0.588. The van der Waals surface area contributed by atoms with E-state index in [0.717, 1.165) is 0 Å². The summed E-state index contributed by atoms with van der Waals surface area (Å²) in [6, 6.07) is 7.12. The summed E-state index contributed by atoms with van der Waals surface area (Å²) >= 11 is 0. The van der Waals surface area contributed by atoms with Crippen LogP contribution in [0.15, 0.2) is 36.7 Å². The summed E-state index contributed by atoms with van der Waals surface area (Å²) in [5.74, 6) is -0.546. The standard InChI is InChI=1S/C11H8FN5/c12-10-11(15-7-5-13-14-6-7)17-9-4-2-1-3-8(9)16-10/h1-6H,(H,13,14)(H,15,17). The van der Waals surface area contributed by atoms with Gasteiger partial charge in [-0.1, -0.05) is 12.1 Å². The molecule has 0 fully saturated rings. The SMILES string of the molecule is Fc1nc2ccccc2nc1Nc1cn[nH]c1. The predicted molar refractivity (Wildman–Crippen MR) is 61.4 cm³/mol. The Morgan fingerprint density at radius 1 is 1.12 bits per heavy atom. The van der Waals surface area contributed by atoms with Crippen LogP contribution in [0.25, 0.3) is 11.0 Å². The molecule has 0 atom stereocenters. The number of rotatable bonds is 2. The van der Waals surface area contributed by atoms with Crippen molar-refractivity contribution in [2.24, 2.45) is 0 Å². The maximum Gasteiger partial charge on any atom is 0.256 e. The minimum atomic E-state index is -0.634. The number of fused-ring (bicyclic) bond motifs is 1. The van der Waals surface area contributed by atoms with Crippen molar-refractivity contribution in [3.05, 3.63) is 42.6 Å². The summed E-state index contributed by atoms with van der Waals surface area (Å²) < 4.78 is 13.6. The van der Waals surface area contributed by atoms with Gasteiger partial charge in [-0.25, -0.2) is 9.97 Å². The summed E-state index contributed by atoms with van der Waals surface area (Å²) in [6.07, 6.45) is 3.15. The molecular formula is C11H8FN5. The van der Waals surface area contributed by atoms with Gasteiger partial charge in [0.2, 0.25) is 0 Å². The second kappa shape index (κ2) is 3.82. The highest BCUT2D eigenvalue weighted by atomic mass is 19.1. The van der Waals surface area contributed by atoms with Gasteiger partial charge in [0.1, 0.15) is 0 Å². The highest BCUT2D eigenvalue weighted by molar-refractivity contribution is 5.76. The first-order valence-corrected chi connectivity index (χ1v) is 5.01. The lowest BCUT2D eigenvalue weighted by atomic mass is 10.3. The third-order valence-corrected chi connectivity index (χ3v) is 2.29. The number of hydrogen-bond donors (Lipinski definition) is 2. The zero-order valence-electron chi connectivity index (χ0n) is 8.68. The molecule has 0 unspecified atom stereocenters. The van der Waals surface area contributed by atoms with Crippen LogP contribution in [0.5, 0.6) is 0 Å². The minimum absolute atomic E-state index is 0.0881. The fourth-order valence-electron chi connectivity index (χ4n) is 1.51. The molecule has 5 nitrogen and oxygen atoms in total. The number of benzene rings is 1. The van der Waals surface area contributed by atoms with Crippen LogP contribution in [0.3, 0.4) is 0 Å². The zero-order chi connectivity index (χ0) is 11.7. The molecule has 0 saturated heterocycles. The van der Waals surface area contributed by atoms with Crippen LogP contribution >= 0.6 is 0 Å². The van der Waals surface area contributed by atoms with Gasteiger partial charge in [0.25, 0.3) is 5.95 Å². The Hall–Kier alpha value is -2.50. The van der Waals surface area contributed by atoms with Gasteiger partial charge in [-0.2, -0.15) is 9.49 Å². The second-order valence-corrected chi connectivity index (χ2v) is 3.46. The van der Waals surface area contributed by atoms with Gasteiger partial charge in [-0.15, -0.1) is 0 Å². The molecule has 0 spiro atoms. The number of aromatic amines is 1. The molecule has 3 rings (SSSR count). The van der Waals surface area contributed by atoms with E-state index < -0.39 is 5.95 Å². The van der Waals surface area contributed by atoms with Crippen LogP contribution in [0.2, 0.25) is 0 Å². The number of halogens is 1. The summed E-state index contributed by atoms with van der Waals surface area (Å²) in [4.78, 5) is 7.99. The number of H-pyrrole nitrogens is 1. The average molecular weight is 229 g/mol. The van der Waals surface area contributed by atoms with Crippen molar-refractivity contribution in [1.29, 1.82) is 0 Å². The first-order chi connectivity index (χ1) is 8.33. The molecule has 0 aliphatic rings.